The summed E-state index contributed by atoms with van der Waals surface area (Å²) in [6.45, 7) is 11.2. The second kappa shape index (κ2) is 15.5. The highest BCUT2D eigenvalue weighted by Gasteiger charge is 2.21. The predicted molar refractivity (Wildman–Crippen MR) is 161 cm³/mol. The Morgan fingerprint density at radius 1 is 0.795 bits per heavy atom. The van der Waals surface area contributed by atoms with Gasteiger partial charge in [-0.05, 0) is 81.2 Å². The van der Waals surface area contributed by atoms with Crippen LogP contribution >= 0.6 is 0 Å². The lowest BCUT2D eigenvalue weighted by atomic mass is 9.91. The SMILES string of the molecule is C=C(C)c1ccc(C)cc1-c1c(OCOC2CCCCC2)cc(CCCCC)cc1OCOC1CCCCC1. The normalized spacial score (nSPS) is 16.8. The number of benzene rings is 2. The fourth-order valence-electron chi connectivity index (χ4n) is 5.95. The van der Waals surface area contributed by atoms with Gasteiger partial charge in [0.15, 0.2) is 13.6 Å². The summed E-state index contributed by atoms with van der Waals surface area (Å²) in [5, 5.41) is 0. The van der Waals surface area contributed by atoms with E-state index >= 15 is 0 Å². The van der Waals surface area contributed by atoms with Gasteiger partial charge in [-0.3, -0.25) is 0 Å². The van der Waals surface area contributed by atoms with E-state index in [-0.39, 0.29) is 13.6 Å². The molecule has 0 saturated heterocycles. The molecule has 214 valence electrons. The fourth-order valence-corrected chi connectivity index (χ4v) is 5.95. The summed E-state index contributed by atoms with van der Waals surface area (Å²) < 4.78 is 25.4. The van der Waals surface area contributed by atoms with Crippen LogP contribution in [0.4, 0.5) is 0 Å². The smallest absolute Gasteiger partial charge is 0.189 e. The van der Waals surface area contributed by atoms with Gasteiger partial charge in [-0.25, -0.2) is 0 Å². The molecular formula is C35H50O4. The number of hydrogen-bond donors (Lipinski definition) is 0. The van der Waals surface area contributed by atoms with Crippen LogP contribution in [0.1, 0.15) is 114 Å². The van der Waals surface area contributed by atoms with Crippen molar-refractivity contribution in [1.29, 1.82) is 0 Å². The highest BCUT2D eigenvalue weighted by molar-refractivity contribution is 5.87. The molecule has 2 fully saturated rings. The van der Waals surface area contributed by atoms with Gasteiger partial charge in [-0.1, -0.05) is 94.2 Å². The first-order valence-electron chi connectivity index (χ1n) is 15.5. The van der Waals surface area contributed by atoms with Crippen molar-refractivity contribution in [3.63, 3.8) is 0 Å². The molecule has 2 aromatic rings. The molecule has 0 unspecified atom stereocenters. The maximum Gasteiger partial charge on any atom is 0.189 e. The van der Waals surface area contributed by atoms with Gasteiger partial charge < -0.3 is 18.9 Å². The summed E-state index contributed by atoms with van der Waals surface area (Å²) in [6.07, 6.45) is 17.2. The molecule has 0 aliphatic heterocycles. The Hall–Kier alpha value is -2.30. The number of unbranched alkanes of at least 4 members (excludes halogenated alkanes) is 2. The molecule has 0 heterocycles. The maximum atomic E-state index is 6.48. The van der Waals surface area contributed by atoms with Crippen molar-refractivity contribution >= 4 is 5.57 Å². The van der Waals surface area contributed by atoms with Gasteiger partial charge in [-0.2, -0.15) is 0 Å². The van der Waals surface area contributed by atoms with Crippen molar-refractivity contribution in [2.75, 3.05) is 13.6 Å². The molecule has 0 N–H and O–H groups in total. The number of allylic oxidation sites excluding steroid dienone is 1. The third-order valence-corrected chi connectivity index (χ3v) is 8.24. The monoisotopic (exact) mass is 534 g/mol. The second-order valence-corrected chi connectivity index (χ2v) is 11.6. The molecule has 2 aliphatic carbocycles. The average Bonchev–Trinajstić information content (AvgIpc) is 2.94. The Balaban J connectivity index is 1.67. The zero-order valence-electron chi connectivity index (χ0n) is 24.7. The van der Waals surface area contributed by atoms with Crippen molar-refractivity contribution in [2.24, 2.45) is 0 Å². The van der Waals surface area contributed by atoms with Crippen LogP contribution in [-0.4, -0.2) is 25.8 Å². The van der Waals surface area contributed by atoms with Crippen LogP contribution in [-0.2, 0) is 15.9 Å². The Morgan fingerprint density at radius 2 is 1.36 bits per heavy atom. The molecule has 0 atom stereocenters. The van der Waals surface area contributed by atoms with E-state index in [2.05, 4.69) is 57.7 Å². The molecule has 39 heavy (non-hydrogen) atoms. The summed E-state index contributed by atoms with van der Waals surface area (Å²) in [5.74, 6) is 1.64. The van der Waals surface area contributed by atoms with E-state index in [9.17, 15) is 0 Å². The van der Waals surface area contributed by atoms with Gasteiger partial charge >= 0.3 is 0 Å². The van der Waals surface area contributed by atoms with E-state index in [0.29, 0.717) is 12.2 Å². The Kier molecular flexibility index (Phi) is 11.8. The van der Waals surface area contributed by atoms with Crippen LogP contribution in [0.2, 0.25) is 0 Å². The molecule has 2 aromatic carbocycles. The minimum absolute atomic E-state index is 0.252. The van der Waals surface area contributed by atoms with E-state index in [1.54, 1.807) is 0 Å². The van der Waals surface area contributed by atoms with Gasteiger partial charge in [0.05, 0.1) is 17.8 Å². The highest BCUT2D eigenvalue weighted by atomic mass is 16.7. The molecule has 4 heteroatoms. The van der Waals surface area contributed by atoms with Crippen LogP contribution in [0.15, 0.2) is 36.9 Å². The first-order valence-corrected chi connectivity index (χ1v) is 15.5. The van der Waals surface area contributed by atoms with Crippen LogP contribution in [0.3, 0.4) is 0 Å². The lowest BCUT2D eigenvalue weighted by molar-refractivity contribution is -0.0518. The zero-order chi connectivity index (χ0) is 27.5. The lowest BCUT2D eigenvalue weighted by Crippen LogP contribution is -2.20. The molecule has 0 radical (unpaired) electrons. The molecule has 2 aliphatic rings. The molecule has 4 rings (SSSR count). The highest BCUT2D eigenvalue weighted by Crippen LogP contribution is 2.44. The van der Waals surface area contributed by atoms with Gasteiger partial charge in [0.1, 0.15) is 11.5 Å². The van der Waals surface area contributed by atoms with E-state index < -0.39 is 0 Å². The first-order chi connectivity index (χ1) is 19.0. The Bertz CT molecular complexity index is 1000. The summed E-state index contributed by atoms with van der Waals surface area (Å²) in [7, 11) is 0. The van der Waals surface area contributed by atoms with E-state index in [1.807, 2.05) is 0 Å². The standard InChI is InChI=1S/C35H50O4/c1-5-6-9-14-28-22-33(38-24-36-29-15-10-7-11-16-29)35(32-21-27(4)19-20-31(32)26(2)3)34(23-28)39-25-37-30-17-12-8-13-18-30/h19-23,29-30H,2,5-18,24-25H2,1,3-4H3. The molecular weight excluding hydrogens is 484 g/mol. The largest absolute Gasteiger partial charge is 0.467 e. The van der Waals surface area contributed by atoms with E-state index in [1.165, 1.54) is 62.5 Å². The van der Waals surface area contributed by atoms with Crippen molar-refractivity contribution in [3.05, 3.63) is 53.6 Å². The Labute approximate surface area is 237 Å². The van der Waals surface area contributed by atoms with Crippen molar-refractivity contribution < 1.29 is 18.9 Å². The van der Waals surface area contributed by atoms with Crippen LogP contribution in [0, 0.1) is 6.92 Å². The minimum atomic E-state index is 0.252. The second-order valence-electron chi connectivity index (χ2n) is 11.6. The molecule has 0 aromatic heterocycles. The number of ether oxygens (including phenoxy) is 4. The molecule has 4 nitrogen and oxygen atoms in total. The summed E-state index contributed by atoms with van der Waals surface area (Å²) >= 11 is 0. The third-order valence-electron chi connectivity index (χ3n) is 8.24. The van der Waals surface area contributed by atoms with Crippen LogP contribution in [0.25, 0.3) is 16.7 Å². The number of hydrogen-bond acceptors (Lipinski definition) is 4. The average molecular weight is 535 g/mol. The van der Waals surface area contributed by atoms with Crippen LogP contribution in [0.5, 0.6) is 11.5 Å². The van der Waals surface area contributed by atoms with E-state index in [4.69, 9.17) is 18.9 Å². The minimum Gasteiger partial charge on any atom is -0.467 e. The summed E-state index contributed by atoms with van der Waals surface area (Å²) in [6, 6.07) is 10.9. The first kappa shape index (κ1) is 29.7. The topological polar surface area (TPSA) is 36.9 Å². The quantitative estimate of drug-likeness (QED) is 0.178. The van der Waals surface area contributed by atoms with Gasteiger partial charge in [0.25, 0.3) is 0 Å². The number of rotatable bonds is 14. The van der Waals surface area contributed by atoms with Gasteiger partial charge in [0.2, 0.25) is 0 Å². The lowest BCUT2D eigenvalue weighted by Gasteiger charge is -2.25. The molecule has 0 amide bonds. The Morgan fingerprint density at radius 3 is 1.87 bits per heavy atom. The summed E-state index contributed by atoms with van der Waals surface area (Å²) in [5.41, 5.74) is 6.60. The fraction of sp³-hybridized carbons (Fsp3) is 0.600. The van der Waals surface area contributed by atoms with Crippen molar-refractivity contribution in [2.45, 2.75) is 123 Å². The number of aryl methyl sites for hydroxylation is 2. The molecule has 2 saturated carbocycles. The zero-order valence-corrected chi connectivity index (χ0v) is 24.7. The predicted octanol–water partition coefficient (Wildman–Crippen LogP) is 9.80. The molecule has 0 spiro atoms. The summed E-state index contributed by atoms with van der Waals surface area (Å²) in [4.78, 5) is 0. The van der Waals surface area contributed by atoms with Crippen molar-refractivity contribution in [3.8, 4) is 22.6 Å². The van der Waals surface area contributed by atoms with Gasteiger partial charge in [0, 0.05) is 0 Å². The van der Waals surface area contributed by atoms with Gasteiger partial charge in [-0.15, -0.1) is 0 Å². The maximum absolute atomic E-state index is 6.48. The van der Waals surface area contributed by atoms with Crippen LogP contribution < -0.4 is 9.47 Å². The van der Waals surface area contributed by atoms with E-state index in [0.717, 1.165) is 72.3 Å². The third kappa shape index (κ3) is 8.85. The molecule has 0 bridgehead atoms. The van der Waals surface area contributed by atoms with Crippen molar-refractivity contribution in [1.82, 2.24) is 0 Å².